The third kappa shape index (κ3) is 3.37. The molecule has 2 N–H and O–H groups in total. The van der Waals surface area contributed by atoms with Gasteiger partial charge in [0.05, 0.1) is 0 Å². The van der Waals surface area contributed by atoms with Gasteiger partial charge in [-0.15, -0.1) is 10.2 Å². The molecule has 0 radical (unpaired) electrons. The Hall–Kier alpha value is -1.31. The summed E-state index contributed by atoms with van der Waals surface area (Å²) >= 11 is 0.666. The smallest absolute Gasteiger partial charge is 0.326 e. The quantitative estimate of drug-likeness (QED) is 0.810. The summed E-state index contributed by atoms with van der Waals surface area (Å²) in [5.41, 5.74) is 0. The van der Waals surface area contributed by atoms with Gasteiger partial charge in [0.15, 0.2) is 5.01 Å². The molecule has 0 spiro atoms. The summed E-state index contributed by atoms with van der Waals surface area (Å²) in [6, 6.07) is -0.816. The van der Waals surface area contributed by atoms with Gasteiger partial charge in [-0.25, -0.2) is 13.6 Å². The lowest BCUT2D eigenvalue weighted by Gasteiger charge is -2.11. The van der Waals surface area contributed by atoms with E-state index in [0.29, 0.717) is 24.2 Å². The number of halogens is 2. The van der Waals surface area contributed by atoms with Crippen LogP contribution in [0.1, 0.15) is 31.2 Å². The van der Waals surface area contributed by atoms with Crippen molar-refractivity contribution in [1.29, 1.82) is 0 Å². The number of carbonyl (C=O) groups is 1. The Morgan fingerprint density at radius 3 is 2.69 bits per heavy atom. The Bertz CT molecular complexity index is 359. The summed E-state index contributed by atoms with van der Waals surface area (Å²) in [7, 11) is 0. The second kappa shape index (κ2) is 5.69. The molecule has 1 aromatic rings. The van der Waals surface area contributed by atoms with E-state index in [-0.39, 0.29) is 5.13 Å². The van der Waals surface area contributed by atoms with Crippen molar-refractivity contribution in [2.75, 3.05) is 5.32 Å². The molecular weight excluding hydrogens is 240 g/mol. The van der Waals surface area contributed by atoms with Crippen LogP contribution in [-0.4, -0.2) is 27.3 Å². The number of nitrogens with zero attached hydrogens (tertiary/aromatic N) is 2. The largest absolute Gasteiger partial charge is 0.480 e. The van der Waals surface area contributed by atoms with Gasteiger partial charge in [-0.1, -0.05) is 24.7 Å². The van der Waals surface area contributed by atoms with Crippen LogP contribution in [0.25, 0.3) is 0 Å². The summed E-state index contributed by atoms with van der Waals surface area (Å²) < 4.78 is 24.4. The van der Waals surface area contributed by atoms with Crippen LogP contribution >= 0.6 is 11.3 Å². The third-order valence-electron chi connectivity index (χ3n) is 1.80. The zero-order valence-electron chi connectivity index (χ0n) is 8.48. The molecule has 16 heavy (non-hydrogen) atoms. The van der Waals surface area contributed by atoms with Crippen LogP contribution in [0, 0.1) is 0 Å². The number of carboxylic acids is 1. The highest BCUT2D eigenvalue weighted by molar-refractivity contribution is 7.15. The molecule has 0 saturated carbocycles. The fourth-order valence-electron chi connectivity index (χ4n) is 1.08. The van der Waals surface area contributed by atoms with E-state index in [2.05, 4.69) is 15.5 Å². The number of aromatic nitrogens is 2. The van der Waals surface area contributed by atoms with E-state index < -0.39 is 23.4 Å². The van der Waals surface area contributed by atoms with Crippen LogP contribution < -0.4 is 5.32 Å². The molecule has 1 atom stereocenters. The summed E-state index contributed by atoms with van der Waals surface area (Å²) in [4.78, 5) is 10.8. The lowest BCUT2D eigenvalue weighted by atomic mass is 10.2. The van der Waals surface area contributed by atoms with Gasteiger partial charge < -0.3 is 10.4 Å². The number of hydrogen-bond donors (Lipinski definition) is 2. The second-order valence-corrected chi connectivity index (χ2v) is 4.08. The van der Waals surface area contributed by atoms with E-state index in [4.69, 9.17) is 5.11 Å². The minimum atomic E-state index is -2.68. The Balaban J connectivity index is 2.66. The zero-order chi connectivity index (χ0) is 12.1. The normalized spacial score (nSPS) is 12.8. The van der Waals surface area contributed by atoms with Crippen molar-refractivity contribution in [3.63, 3.8) is 0 Å². The predicted molar refractivity (Wildman–Crippen MR) is 54.8 cm³/mol. The second-order valence-electron chi connectivity index (χ2n) is 3.07. The van der Waals surface area contributed by atoms with Crippen LogP contribution in [0.5, 0.6) is 0 Å². The van der Waals surface area contributed by atoms with Crippen LogP contribution in [0.15, 0.2) is 0 Å². The maximum absolute atomic E-state index is 12.2. The summed E-state index contributed by atoms with van der Waals surface area (Å²) in [6.45, 7) is 1.84. The number of nitrogens with one attached hydrogen (secondary N) is 1. The molecule has 8 heteroatoms. The molecule has 0 fully saturated rings. The molecule has 1 aromatic heterocycles. The van der Waals surface area contributed by atoms with E-state index in [0.717, 1.165) is 0 Å². The molecule has 1 rings (SSSR count). The maximum Gasteiger partial charge on any atom is 0.326 e. The molecule has 1 unspecified atom stereocenters. The van der Waals surface area contributed by atoms with Gasteiger partial charge in [0.1, 0.15) is 6.04 Å². The summed E-state index contributed by atoms with van der Waals surface area (Å²) in [5.74, 6) is -1.03. The maximum atomic E-state index is 12.2. The molecule has 0 aliphatic carbocycles. The van der Waals surface area contributed by atoms with Crippen molar-refractivity contribution in [3.8, 4) is 0 Å². The predicted octanol–water partition coefficient (Wildman–Crippen LogP) is 2.14. The molecule has 0 aliphatic heterocycles. The number of rotatable bonds is 6. The van der Waals surface area contributed by atoms with Crippen molar-refractivity contribution in [1.82, 2.24) is 10.2 Å². The van der Waals surface area contributed by atoms with Crippen LogP contribution in [0.3, 0.4) is 0 Å². The minimum Gasteiger partial charge on any atom is -0.480 e. The Labute approximate surface area is 94.5 Å². The van der Waals surface area contributed by atoms with Crippen molar-refractivity contribution in [2.45, 2.75) is 32.2 Å². The number of aliphatic carboxylic acids is 1. The first-order valence-electron chi connectivity index (χ1n) is 4.65. The van der Waals surface area contributed by atoms with Gasteiger partial charge in [-0.2, -0.15) is 0 Å². The van der Waals surface area contributed by atoms with Gasteiger partial charge >= 0.3 is 5.97 Å². The van der Waals surface area contributed by atoms with Crippen LogP contribution in [0.2, 0.25) is 0 Å². The van der Waals surface area contributed by atoms with Crippen LogP contribution in [-0.2, 0) is 4.79 Å². The monoisotopic (exact) mass is 251 g/mol. The molecule has 0 aromatic carbocycles. The zero-order valence-corrected chi connectivity index (χ0v) is 9.30. The Morgan fingerprint density at radius 2 is 2.25 bits per heavy atom. The molecule has 0 saturated heterocycles. The van der Waals surface area contributed by atoms with Crippen molar-refractivity contribution >= 4 is 22.4 Å². The average Bonchev–Trinajstić information content (AvgIpc) is 2.65. The minimum absolute atomic E-state index is 0.108. The molecule has 0 aliphatic rings. The number of hydrogen-bond acceptors (Lipinski definition) is 5. The van der Waals surface area contributed by atoms with Gasteiger partial charge in [0.25, 0.3) is 6.43 Å². The van der Waals surface area contributed by atoms with Crippen LogP contribution in [0.4, 0.5) is 13.9 Å². The van der Waals surface area contributed by atoms with E-state index >= 15 is 0 Å². The third-order valence-corrected chi connectivity index (χ3v) is 2.66. The first-order valence-corrected chi connectivity index (χ1v) is 5.47. The highest BCUT2D eigenvalue weighted by Gasteiger charge is 2.19. The molecule has 0 amide bonds. The lowest BCUT2D eigenvalue weighted by molar-refractivity contribution is -0.138. The SMILES string of the molecule is CCCC(Nc1nnc(C(F)F)s1)C(=O)O. The van der Waals surface area contributed by atoms with Gasteiger partial charge in [0.2, 0.25) is 5.13 Å². The first kappa shape index (κ1) is 12.8. The summed E-state index contributed by atoms with van der Waals surface area (Å²) in [6.07, 6.45) is -1.61. The van der Waals surface area contributed by atoms with E-state index in [1.807, 2.05) is 6.92 Å². The van der Waals surface area contributed by atoms with Crippen molar-refractivity contribution in [3.05, 3.63) is 5.01 Å². The molecule has 1 heterocycles. The highest BCUT2D eigenvalue weighted by atomic mass is 32.1. The number of carboxylic acid groups (broad SMARTS) is 1. The topological polar surface area (TPSA) is 75.1 Å². The van der Waals surface area contributed by atoms with E-state index in [1.54, 1.807) is 0 Å². The van der Waals surface area contributed by atoms with Gasteiger partial charge in [-0.3, -0.25) is 0 Å². The van der Waals surface area contributed by atoms with Crippen molar-refractivity contribution in [2.24, 2.45) is 0 Å². The Morgan fingerprint density at radius 1 is 1.56 bits per heavy atom. The van der Waals surface area contributed by atoms with E-state index in [9.17, 15) is 13.6 Å². The lowest BCUT2D eigenvalue weighted by Crippen LogP contribution is -2.28. The van der Waals surface area contributed by atoms with Gasteiger partial charge in [-0.05, 0) is 6.42 Å². The fraction of sp³-hybridized carbons (Fsp3) is 0.625. The highest BCUT2D eigenvalue weighted by Crippen LogP contribution is 2.25. The number of anilines is 1. The molecule has 0 bridgehead atoms. The first-order chi connectivity index (χ1) is 7.54. The molecule has 5 nitrogen and oxygen atoms in total. The Kier molecular flexibility index (Phi) is 4.53. The molecule has 90 valence electrons. The molecular formula is C8H11F2N3O2S. The van der Waals surface area contributed by atoms with E-state index in [1.165, 1.54) is 0 Å². The number of alkyl halides is 2. The average molecular weight is 251 g/mol. The summed E-state index contributed by atoms with van der Waals surface area (Å²) in [5, 5.41) is 17.8. The van der Waals surface area contributed by atoms with Gasteiger partial charge in [0, 0.05) is 0 Å². The standard InChI is InChI=1S/C8H11F2N3O2S/c1-2-3-4(7(14)15)11-8-13-12-6(16-8)5(9)10/h4-5H,2-3H2,1H3,(H,11,13)(H,14,15). The fourth-order valence-corrected chi connectivity index (χ4v) is 1.73. The van der Waals surface area contributed by atoms with Crippen molar-refractivity contribution < 1.29 is 18.7 Å².